The second kappa shape index (κ2) is 9.61. The van der Waals surface area contributed by atoms with Gasteiger partial charge in [-0.3, -0.25) is 4.79 Å². The van der Waals surface area contributed by atoms with E-state index in [4.69, 9.17) is 4.74 Å². The molecule has 0 aliphatic rings. The lowest BCUT2D eigenvalue weighted by atomic mass is 10.1. The van der Waals surface area contributed by atoms with Gasteiger partial charge in [0, 0.05) is 5.69 Å². The zero-order valence-corrected chi connectivity index (χ0v) is 17.1. The molecule has 0 bridgehead atoms. The third-order valence-electron chi connectivity index (χ3n) is 4.17. The van der Waals surface area contributed by atoms with Gasteiger partial charge in [-0.2, -0.15) is 13.2 Å². The molecule has 0 unspecified atom stereocenters. The Hall–Kier alpha value is -3.40. The first-order chi connectivity index (χ1) is 14.7. The summed E-state index contributed by atoms with van der Waals surface area (Å²) in [7, 11) is 0. The number of nitrogens with one attached hydrogen (secondary N) is 2. The zero-order chi connectivity index (χ0) is 22.4. The van der Waals surface area contributed by atoms with Crippen molar-refractivity contribution in [1.29, 1.82) is 0 Å². The van der Waals surface area contributed by atoms with E-state index >= 15 is 0 Å². The summed E-state index contributed by atoms with van der Waals surface area (Å²) < 4.78 is 44.2. The highest BCUT2D eigenvalue weighted by atomic mass is 32.1. The molecule has 0 spiro atoms. The number of halogens is 3. The maximum atomic E-state index is 13.0. The number of aromatic nitrogens is 1. The third-order valence-corrected chi connectivity index (χ3v) is 5.17. The van der Waals surface area contributed by atoms with Crippen molar-refractivity contribution in [2.45, 2.75) is 26.3 Å². The maximum Gasteiger partial charge on any atom is 0.416 e. The van der Waals surface area contributed by atoms with Crippen molar-refractivity contribution in [2.24, 2.45) is 0 Å². The first kappa shape index (κ1) is 22.3. The number of hydrogen-bond acceptors (Lipinski definition) is 5. The van der Waals surface area contributed by atoms with E-state index in [1.165, 1.54) is 25.3 Å². The second-order valence-corrected chi connectivity index (χ2v) is 7.63. The van der Waals surface area contributed by atoms with Gasteiger partial charge in [-0.05, 0) is 30.2 Å². The molecule has 0 saturated carbocycles. The Balaban J connectivity index is 1.53. The van der Waals surface area contributed by atoms with Gasteiger partial charge in [0.05, 0.1) is 18.3 Å². The summed E-state index contributed by atoms with van der Waals surface area (Å²) in [5.74, 6) is -0.590. The SMILES string of the molecule is Cc1ccc(NC(=O)c2cnc(CNC(=O)OCc3ccccc3)s2)cc1C(F)(F)F. The van der Waals surface area contributed by atoms with Crippen LogP contribution < -0.4 is 10.6 Å². The third kappa shape index (κ3) is 6.29. The van der Waals surface area contributed by atoms with E-state index < -0.39 is 23.7 Å². The summed E-state index contributed by atoms with van der Waals surface area (Å²) in [6, 6.07) is 12.7. The average Bonchev–Trinajstić information content (AvgIpc) is 3.21. The standard InChI is InChI=1S/C21H18F3N3O3S/c1-13-7-8-15(9-16(13)21(22,23)24)27-19(28)17-10-25-18(31-17)11-26-20(29)30-12-14-5-3-2-4-6-14/h2-10H,11-12H2,1H3,(H,26,29)(H,27,28). The monoisotopic (exact) mass is 449 g/mol. The molecule has 0 aliphatic carbocycles. The lowest BCUT2D eigenvalue weighted by molar-refractivity contribution is -0.138. The van der Waals surface area contributed by atoms with Crippen LogP contribution in [-0.2, 0) is 24.1 Å². The number of nitrogens with zero attached hydrogens (tertiary/aromatic N) is 1. The van der Waals surface area contributed by atoms with Gasteiger partial charge >= 0.3 is 12.3 Å². The minimum Gasteiger partial charge on any atom is -0.445 e. The number of benzene rings is 2. The van der Waals surface area contributed by atoms with Gasteiger partial charge in [-0.25, -0.2) is 9.78 Å². The molecule has 1 heterocycles. The number of carbonyl (C=O) groups excluding carboxylic acids is 2. The molecule has 0 radical (unpaired) electrons. The van der Waals surface area contributed by atoms with Gasteiger partial charge in [0.1, 0.15) is 16.5 Å². The maximum absolute atomic E-state index is 13.0. The second-order valence-electron chi connectivity index (χ2n) is 6.52. The lowest BCUT2D eigenvalue weighted by Gasteiger charge is -2.12. The topological polar surface area (TPSA) is 80.3 Å². The molecule has 3 rings (SSSR count). The van der Waals surface area contributed by atoms with Gasteiger partial charge < -0.3 is 15.4 Å². The first-order valence-electron chi connectivity index (χ1n) is 9.11. The highest BCUT2D eigenvalue weighted by Gasteiger charge is 2.32. The fourth-order valence-corrected chi connectivity index (χ4v) is 3.37. The van der Waals surface area contributed by atoms with Crippen molar-refractivity contribution < 1.29 is 27.5 Å². The van der Waals surface area contributed by atoms with Crippen LogP contribution in [0.15, 0.2) is 54.7 Å². The molecule has 10 heteroatoms. The van der Waals surface area contributed by atoms with Crippen LogP contribution in [0.3, 0.4) is 0 Å². The fourth-order valence-electron chi connectivity index (χ4n) is 2.62. The molecule has 3 aromatic rings. The van der Waals surface area contributed by atoms with Crippen molar-refractivity contribution >= 4 is 29.0 Å². The Bertz CT molecular complexity index is 1070. The van der Waals surface area contributed by atoms with E-state index in [0.717, 1.165) is 23.0 Å². The number of ether oxygens (including phenoxy) is 1. The summed E-state index contributed by atoms with van der Waals surface area (Å²) in [5.41, 5.74) is 0.125. The van der Waals surface area contributed by atoms with E-state index in [1.807, 2.05) is 30.3 Å². The molecule has 31 heavy (non-hydrogen) atoms. The van der Waals surface area contributed by atoms with Crippen molar-refractivity contribution in [1.82, 2.24) is 10.3 Å². The molecule has 6 nitrogen and oxygen atoms in total. The van der Waals surface area contributed by atoms with Crippen LogP contribution in [-0.4, -0.2) is 17.0 Å². The number of alkyl carbamates (subject to hydrolysis) is 1. The molecule has 2 aromatic carbocycles. The molecular formula is C21H18F3N3O3S. The fraction of sp³-hybridized carbons (Fsp3) is 0.190. The summed E-state index contributed by atoms with van der Waals surface area (Å²) in [6.45, 7) is 1.52. The van der Waals surface area contributed by atoms with E-state index in [0.29, 0.717) is 5.01 Å². The minimum absolute atomic E-state index is 0.0282. The van der Waals surface area contributed by atoms with Crippen molar-refractivity contribution in [3.8, 4) is 0 Å². The summed E-state index contributed by atoms with van der Waals surface area (Å²) in [6.07, 6.45) is -3.85. The number of anilines is 1. The molecule has 2 amide bonds. The minimum atomic E-state index is -4.51. The van der Waals surface area contributed by atoms with E-state index in [-0.39, 0.29) is 29.3 Å². The van der Waals surface area contributed by atoms with Crippen LogP contribution in [0.4, 0.5) is 23.7 Å². The number of thiazole rings is 1. The Morgan fingerprint density at radius 2 is 1.87 bits per heavy atom. The summed E-state index contributed by atoms with van der Waals surface area (Å²) >= 11 is 1.01. The molecule has 162 valence electrons. The van der Waals surface area contributed by atoms with Crippen LogP contribution >= 0.6 is 11.3 Å². The lowest BCUT2D eigenvalue weighted by Crippen LogP contribution is -2.23. The number of carbonyl (C=O) groups is 2. The highest BCUT2D eigenvalue weighted by molar-refractivity contribution is 7.13. The summed E-state index contributed by atoms with van der Waals surface area (Å²) in [4.78, 5) is 28.4. The Morgan fingerprint density at radius 1 is 1.13 bits per heavy atom. The predicted octanol–water partition coefficient (Wildman–Crippen LogP) is 5.15. The molecule has 0 fully saturated rings. The largest absolute Gasteiger partial charge is 0.445 e. The number of amides is 2. The Morgan fingerprint density at radius 3 is 2.58 bits per heavy atom. The summed E-state index contributed by atoms with van der Waals surface area (Å²) in [5, 5.41) is 5.41. The van der Waals surface area contributed by atoms with Gasteiger partial charge in [0.15, 0.2) is 0 Å². The number of hydrogen-bond donors (Lipinski definition) is 2. The predicted molar refractivity (Wildman–Crippen MR) is 110 cm³/mol. The average molecular weight is 449 g/mol. The van der Waals surface area contributed by atoms with Crippen LogP contribution in [0.2, 0.25) is 0 Å². The number of rotatable bonds is 6. The molecule has 1 aromatic heterocycles. The quantitative estimate of drug-likeness (QED) is 0.546. The van der Waals surface area contributed by atoms with Crippen LogP contribution in [0.5, 0.6) is 0 Å². The van der Waals surface area contributed by atoms with Crippen LogP contribution in [0.25, 0.3) is 0 Å². The zero-order valence-electron chi connectivity index (χ0n) is 16.3. The van der Waals surface area contributed by atoms with E-state index in [9.17, 15) is 22.8 Å². The van der Waals surface area contributed by atoms with Crippen LogP contribution in [0.1, 0.15) is 31.4 Å². The van der Waals surface area contributed by atoms with Gasteiger partial charge in [-0.1, -0.05) is 36.4 Å². The number of aryl methyl sites for hydroxylation is 1. The normalized spacial score (nSPS) is 11.1. The molecule has 2 N–H and O–H groups in total. The first-order valence-corrected chi connectivity index (χ1v) is 9.92. The van der Waals surface area contributed by atoms with Crippen molar-refractivity contribution in [3.63, 3.8) is 0 Å². The van der Waals surface area contributed by atoms with E-state index in [2.05, 4.69) is 15.6 Å². The van der Waals surface area contributed by atoms with Gasteiger partial charge in [0.2, 0.25) is 0 Å². The molecule has 0 aliphatic heterocycles. The van der Waals surface area contributed by atoms with E-state index in [1.54, 1.807) is 0 Å². The van der Waals surface area contributed by atoms with Crippen molar-refractivity contribution in [3.05, 3.63) is 81.3 Å². The molecule has 0 atom stereocenters. The van der Waals surface area contributed by atoms with Crippen LogP contribution in [0, 0.1) is 6.92 Å². The molecule has 0 saturated heterocycles. The van der Waals surface area contributed by atoms with Crippen molar-refractivity contribution in [2.75, 3.05) is 5.32 Å². The highest BCUT2D eigenvalue weighted by Crippen LogP contribution is 2.33. The molecular weight excluding hydrogens is 431 g/mol. The van der Waals surface area contributed by atoms with Gasteiger partial charge in [0.25, 0.3) is 5.91 Å². The van der Waals surface area contributed by atoms with Gasteiger partial charge in [-0.15, -0.1) is 11.3 Å². The smallest absolute Gasteiger partial charge is 0.416 e. The Labute approximate surface area is 180 Å². The Kier molecular flexibility index (Phi) is 6.91. The number of alkyl halides is 3.